The van der Waals surface area contributed by atoms with Crippen LogP contribution in [0.1, 0.15) is 90.7 Å². The predicted octanol–water partition coefficient (Wildman–Crippen LogP) is 6.40. The molecule has 2 bridgehead atoms. The van der Waals surface area contributed by atoms with E-state index in [1.165, 1.54) is 7.11 Å². The molecule has 0 aromatic heterocycles. The first kappa shape index (κ1) is 35.1. The van der Waals surface area contributed by atoms with Crippen LogP contribution in [0, 0.1) is 33.5 Å². The lowest BCUT2D eigenvalue weighted by atomic mass is 9.39. The molecule has 4 aliphatic rings. The Bertz CT molecular complexity index is 1470. The number of aliphatic hydroxyl groups is 2. The zero-order valence-electron chi connectivity index (χ0n) is 29.5. The van der Waals surface area contributed by atoms with Crippen molar-refractivity contribution in [3.63, 3.8) is 0 Å². The third-order valence-corrected chi connectivity index (χ3v) is 12.7. The van der Waals surface area contributed by atoms with E-state index in [1.54, 1.807) is 20.8 Å². The summed E-state index contributed by atoms with van der Waals surface area (Å²) in [6.07, 6.45) is 2.76. The van der Waals surface area contributed by atoms with E-state index in [2.05, 4.69) is 6.92 Å². The number of fused-ring (bicyclic) bond motifs is 3. The second-order valence-corrected chi connectivity index (χ2v) is 16.8. The highest BCUT2D eigenvalue weighted by atomic mass is 16.6. The van der Waals surface area contributed by atoms with Gasteiger partial charge in [0, 0.05) is 11.3 Å². The van der Waals surface area contributed by atoms with Crippen LogP contribution in [0.5, 0.6) is 0 Å². The highest BCUT2D eigenvalue weighted by Gasteiger charge is 2.78. The van der Waals surface area contributed by atoms with Gasteiger partial charge in [-0.05, 0) is 88.7 Å². The van der Waals surface area contributed by atoms with Crippen LogP contribution >= 0.6 is 0 Å². The van der Waals surface area contributed by atoms with Gasteiger partial charge in [-0.1, -0.05) is 74.0 Å². The van der Waals surface area contributed by atoms with Crippen LogP contribution in [0.4, 0.5) is 0 Å². The maximum Gasteiger partial charge on any atom is 0.311 e. The van der Waals surface area contributed by atoms with Gasteiger partial charge in [-0.25, -0.2) is 0 Å². The Balaban J connectivity index is 1.48. The normalized spacial score (nSPS) is 38.8. The van der Waals surface area contributed by atoms with Crippen LogP contribution < -0.4 is 0 Å². The van der Waals surface area contributed by atoms with E-state index < -0.39 is 45.6 Å². The molecule has 48 heavy (non-hydrogen) atoms. The van der Waals surface area contributed by atoms with Crippen LogP contribution in [0.3, 0.4) is 0 Å². The Morgan fingerprint density at radius 2 is 1.46 bits per heavy atom. The monoisotopic (exact) mass is 662 g/mol. The van der Waals surface area contributed by atoms with Gasteiger partial charge in [0.05, 0.1) is 49.0 Å². The molecule has 0 radical (unpaired) electrons. The third kappa shape index (κ3) is 5.70. The third-order valence-electron chi connectivity index (χ3n) is 12.7. The average molecular weight is 663 g/mol. The maximum absolute atomic E-state index is 13.8. The molecule has 4 saturated carbocycles. The van der Waals surface area contributed by atoms with Gasteiger partial charge in [0.1, 0.15) is 12.2 Å². The predicted molar refractivity (Wildman–Crippen MR) is 180 cm³/mol. The minimum absolute atomic E-state index is 0.00393. The van der Waals surface area contributed by atoms with Crippen molar-refractivity contribution in [1.29, 1.82) is 0 Å². The Labute approximate surface area is 285 Å². The van der Waals surface area contributed by atoms with Crippen molar-refractivity contribution < 1.29 is 38.7 Å². The van der Waals surface area contributed by atoms with Crippen molar-refractivity contribution in [3.8, 4) is 0 Å². The highest BCUT2D eigenvalue weighted by Crippen LogP contribution is 2.74. The van der Waals surface area contributed by atoms with Crippen LogP contribution in [-0.4, -0.2) is 59.3 Å². The van der Waals surface area contributed by atoms with Gasteiger partial charge in [-0.3, -0.25) is 9.59 Å². The molecule has 0 aliphatic heterocycles. The van der Waals surface area contributed by atoms with Gasteiger partial charge in [-0.15, -0.1) is 0 Å². The summed E-state index contributed by atoms with van der Waals surface area (Å²) in [5, 5.41) is 24.9. The first-order chi connectivity index (χ1) is 22.6. The highest BCUT2D eigenvalue weighted by molar-refractivity contribution is 5.77. The Morgan fingerprint density at radius 1 is 0.854 bits per heavy atom. The molecule has 1 spiro atoms. The number of hydrogen-bond donors (Lipinski definition) is 2. The van der Waals surface area contributed by atoms with E-state index in [1.807, 2.05) is 67.6 Å². The number of carbonyl (C=O) groups excluding carboxylic acids is 2. The van der Waals surface area contributed by atoms with Crippen molar-refractivity contribution in [2.75, 3.05) is 13.7 Å². The number of benzene rings is 2. The fourth-order valence-electron chi connectivity index (χ4n) is 10.6. The average Bonchev–Trinajstić information content (AvgIpc) is 3.22. The second-order valence-electron chi connectivity index (χ2n) is 16.8. The van der Waals surface area contributed by atoms with E-state index in [9.17, 15) is 19.8 Å². The molecule has 262 valence electrons. The summed E-state index contributed by atoms with van der Waals surface area (Å²) >= 11 is 0. The molecular formula is C40H54O8. The molecule has 0 saturated heterocycles. The standard InChI is InChI=1S/C40H54O8/c1-35(2,3)33(41)48-26-40(44)25-38-24-39(40,43)21-18-29(38)36(4)19-13-20-37(5,34(42)45-6)31(36)30(46-22-27-14-9-7-10-15-27)32(38)47-23-28-16-11-8-12-17-28/h7-12,14-17,29-32,43-44H,13,18-26H2,1-6H3/t29-,30-,31-,32-,36-,37+,38+,39-,40-/m0/s1. The Morgan fingerprint density at radius 3 is 2.04 bits per heavy atom. The summed E-state index contributed by atoms with van der Waals surface area (Å²) in [6.45, 7) is 9.98. The smallest absolute Gasteiger partial charge is 0.311 e. The molecule has 4 aliphatic carbocycles. The lowest BCUT2D eigenvalue weighted by Gasteiger charge is -2.68. The summed E-state index contributed by atoms with van der Waals surface area (Å²) < 4.78 is 25.4. The minimum atomic E-state index is -1.68. The van der Waals surface area contributed by atoms with Gasteiger partial charge < -0.3 is 29.2 Å². The van der Waals surface area contributed by atoms with Gasteiger partial charge in [0.15, 0.2) is 0 Å². The molecule has 2 aromatic rings. The molecule has 2 aromatic carbocycles. The first-order valence-corrected chi connectivity index (χ1v) is 17.6. The van der Waals surface area contributed by atoms with E-state index in [0.717, 1.165) is 24.0 Å². The number of methoxy groups -OCH3 is 1. The topological polar surface area (TPSA) is 112 Å². The molecule has 8 heteroatoms. The summed E-state index contributed by atoms with van der Waals surface area (Å²) in [7, 11) is 1.46. The summed E-state index contributed by atoms with van der Waals surface area (Å²) in [5.41, 5.74) is -3.84. The van der Waals surface area contributed by atoms with Gasteiger partial charge in [0.2, 0.25) is 0 Å². The van der Waals surface area contributed by atoms with Crippen molar-refractivity contribution in [1.82, 2.24) is 0 Å². The second kappa shape index (κ2) is 12.5. The fraction of sp³-hybridized carbons (Fsp3) is 0.650. The van der Waals surface area contributed by atoms with Crippen LogP contribution in [0.2, 0.25) is 0 Å². The van der Waals surface area contributed by atoms with Crippen LogP contribution in [0.15, 0.2) is 60.7 Å². The van der Waals surface area contributed by atoms with E-state index in [0.29, 0.717) is 32.5 Å². The molecule has 0 amide bonds. The van der Waals surface area contributed by atoms with E-state index in [-0.39, 0.29) is 42.7 Å². The maximum atomic E-state index is 13.8. The van der Waals surface area contributed by atoms with Crippen molar-refractivity contribution in [2.45, 2.75) is 116 Å². The van der Waals surface area contributed by atoms with Gasteiger partial charge >= 0.3 is 11.9 Å². The van der Waals surface area contributed by atoms with Gasteiger partial charge in [-0.2, -0.15) is 0 Å². The molecule has 2 N–H and O–H groups in total. The Hall–Kier alpha value is -2.78. The zero-order valence-corrected chi connectivity index (χ0v) is 29.5. The molecular weight excluding hydrogens is 608 g/mol. The summed E-state index contributed by atoms with van der Waals surface area (Å²) in [6, 6.07) is 20.0. The van der Waals surface area contributed by atoms with Crippen LogP contribution in [-0.2, 0) is 41.8 Å². The molecule has 0 unspecified atom stereocenters. The SMILES string of the molecule is COC(=O)[C@]1(C)CCC[C@@]2(C)[C@@H]3CC[C@]4(O)C[C@]3(C[C@]4(O)COC(=O)C(C)(C)C)[C@@H](OCc3ccccc3)[C@@H](OCc3ccccc3)[C@@H]21. The lowest BCUT2D eigenvalue weighted by Crippen LogP contribution is -2.70. The number of esters is 2. The van der Waals surface area contributed by atoms with Crippen molar-refractivity contribution in [3.05, 3.63) is 71.8 Å². The largest absolute Gasteiger partial charge is 0.469 e. The van der Waals surface area contributed by atoms with E-state index >= 15 is 0 Å². The summed E-state index contributed by atoms with van der Waals surface area (Å²) in [4.78, 5) is 26.8. The van der Waals surface area contributed by atoms with E-state index in [4.69, 9.17) is 18.9 Å². The number of carbonyl (C=O) groups is 2. The number of ether oxygens (including phenoxy) is 4. The zero-order chi connectivity index (χ0) is 34.6. The molecule has 8 nitrogen and oxygen atoms in total. The Kier molecular flexibility index (Phi) is 9.15. The fourth-order valence-corrected chi connectivity index (χ4v) is 10.6. The van der Waals surface area contributed by atoms with Gasteiger partial charge in [0.25, 0.3) is 0 Å². The molecule has 9 atom stereocenters. The lowest BCUT2D eigenvalue weighted by molar-refractivity contribution is -0.285. The number of hydrogen-bond acceptors (Lipinski definition) is 8. The summed E-state index contributed by atoms with van der Waals surface area (Å²) in [5.74, 6) is -0.907. The quantitative estimate of drug-likeness (QED) is 0.297. The molecule has 4 fully saturated rings. The molecule has 0 heterocycles. The van der Waals surface area contributed by atoms with Crippen molar-refractivity contribution in [2.24, 2.45) is 33.5 Å². The first-order valence-electron chi connectivity index (χ1n) is 17.6. The molecule has 6 rings (SSSR count). The number of rotatable bonds is 9. The minimum Gasteiger partial charge on any atom is -0.469 e. The van der Waals surface area contributed by atoms with Crippen molar-refractivity contribution >= 4 is 11.9 Å². The van der Waals surface area contributed by atoms with Crippen LogP contribution in [0.25, 0.3) is 0 Å².